The van der Waals surface area contributed by atoms with Crippen LogP contribution in [0.4, 0.5) is 0 Å². The van der Waals surface area contributed by atoms with E-state index in [1.54, 1.807) is 37.1 Å². The normalized spacial score (nSPS) is 12.3. The van der Waals surface area contributed by atoms with E-state index in [1.807, 2.05) is 30.3 Å². The summed E-state index contributed by atoms with van der Waals surface area (Å²) in [6.07, 6.45) is 0. The van der Waals surface area contributed by atoms with E-state index >= 15 is 0 Å². The Morgan fingerprint density at radius 3 is 2.62 bits per heavy atom. The maximum absolute atomic E-state index is 12.8. The van der Waals surface area contributed by atoms with E-state index in [2.05, 4.69) is 15.9 Å². The quantitative estimate of drug-likeness (QED) is 0.686. The molecule has 0 spiro atoms. The zero-order valence-electron chi connectivity index (χ0n) is 13.4. The van der Waals surface area contributed by atoms with E-state index in [9.17, 15) is 9.59 Å². The molecule has 0 fully saturated rings. The molecule has 2 aromatic carbocycles. The summed E-state index contributed by atoms with van der Waals surface area (Å²) in [5.74, 6) is -0.675. The van der Waals surface area contributed by atoms with Crippen LogP contribution < -0.4 is 5.76 Å². The molecule has 1 heterocycles. The van der Waals surface area contributed by atoms with Gasteiger partial charge in [0, 0.05) is 18.1 Å². The van der Waals surface area contributed by atoms with Crippen molar-refractivity contribution in [2.24, 2.45) is 0 Å². The molecule has 1 amide bonds. The molecule has 1 aromatic heterocycles. The van der Waals surface area contributed by atoms with Gasteiger partial charge in [-0.15, -0.1) is 0 Å². The highest BCUT2D eigenvalue weighted by Gasteiger charge is 2.24. The van der Waals surface area contributed by atoms with E-state index in [1.165, 1.54) is 4.57 Å². The Balaban J connectivity index is 1.87. The predicted octanol–water partition coefficient (Wildman–Crippen LogP) is 3.58. The third kappa shape index (κ3) is 3.01. The Hall–Kier alpha value is -2.34. The van der Waals surface area contributed by atoms with Crippen molar-refractivity contribution in [3.8, 4) is 0 Å². The zero-order valence-corrected chi connectivity index (χ0v) is 15.0. The number of aromatic nitrogens is 1. The fourth-order valence-electron chi connectivity index (χ4n) is 2.74. The molecule has 1 unspecified atom stereocenters. The minimum Gasteiger partial charge on any atom is -0.408 e. The van der Waals surface area contributed by atoms with Gasteiger partial charge in [0.1, 0.15) is 6.04 Å². The lowest BCUT2D eigenvalue weighted by molar-refractivity contribution is -0.133. The molecule has 0 saturated carbocycles. The van der Waals surface area contributed by atoms with Gasteiger partial charge >= 0.3 is 5.76 Å². The molecule has 0 radical (unpaired) electrons. The van der Waals surface area contributed by atoms with Gasteiger partial charge in [0.2, 0.25) is 5.91 Å². The van der Waals surface area contributed by atoms with Crippen molar-refractivity contribution in [2.45, 2.75) is 19.5 Å². The number of likely N-dealkylation sites (N-methyl/N-ethyl adjacent to an activating group) is 1. The molecule has 0 aliphatic heterocycles. The average Bonchev–Trinajstić information content (AvgIpc) is 2.91. The van der Waals surface area contributed by atoms with Crippen LogP contribution in [0.5, 0.6) is 0 Å². The average molecular weight is 389 g/mol. The highest BCUT2D eigenvalue weighted by atomic mass is 79.9. The van der Waals surface area contributed by atoms with Crippen molar-refractivity contribution >= 4 is 32.9 Å². The molecular formula is C18H17BrN2O3. The number of para-hydroxylation sites is 2. The van der Waals surface area contributed by atoms with Gasteiger partial charge in [0.25, 0.3) is 0 Å². The maximum atomic E-state index is 12.8. The molecule has 3 rings (SSSR count). The number of hydrogen-bond donors (Lipinski definition) is 0. The van der Waals surface area contributed by atoms with E-state index < -0.39 is 11.8 Å². The number of halogens is 1. The van der Waals surface area contributed by atoms with E-state index in [0.29, 0.717) is 17.6 Å². The molecule has 0 aliphatic rings. The Bertz CT molecular complexity index is 945. The standard InChI is InChI=1S/C18H17BrN2O3/c1-12(21-15-9-5-6-10-16(15)24-18(21)23)17(22)20(2)11-13-7-3-4-8-14(13)19/h3-10,12H,11H2,1-2H3. The fourth-order valence-corrected chi connectivity index (χ4v) is 3.15. The largest absolute Gasteiger partial charge is 0.420 e. The van der Waals surface area contributed by atoms with Crippen LogP contribution in [0.15, 0.2) is 62.2 Å². The SMILES string of the molecule is CC(C(=O)N(C)Cc1ccccc1Br)n1c(=O)oc2ccccc21. The summed E-state index contributed by atoms with van der Waals surface area (Å²) < 4.78 is 7.56. The third-order valence-electron chi connectivity index (χ3n) is 4.01. The second kappa shape index (κ2) is 6.65. The first-order valence-electron chi connectivity index (χ1n) is 7.57. The molecule has 1 atom stereocenters. The molecule has 0 saturated heterocycles. The second-order valence-electron chi connectivity index (χ2n) is 5.67. The predicted molar refractivity (Wildman–Crippen MR) is 95.8 cm³/mol. The number of nitrogens with zero attached hydrogens (tertiary/aromatic N) is 2. The molecule has 24 heavy (non-hydrogen) atoms. The number of carbonyl (C=O) groups is 1. The Kier molecular flexibility index (Phi) is 4.57. The molecule has 0 aliphatic carbocycles. The van der Waals surface area contributed by atoms with Crippen LogP contribution in [0.3, 0.4) is 0 Å². The number of benzene rings is 2. The number of amides is 1. The van der Waals surface area contributed by atoms with Crippen molar-refractivity contribution in [3.63, 3.8) is 0 Å². The first-order valence-corrected chi connectivity index (χ1v) is 8.37. The van der Waals surface area contributed by atoms with Crippen LogP contribution in [0.2, 0.25) is 0 Å². The van der Waals surface area contributed by atoms with Gasteiger partial charge in [-0.3, -0.25) is 9.36 Å². The van der Waals surface area contributed by atoms with Crippen molar-refractivity contribution < 1.29 is 9.21 Å². The van der Waals surface area contributed by atoms with Crippen LogP contribution >= 0.6 is 15.9 Å². The summed E-state index contributed by atoms with van der Waals surface area (Å²) in [5.41, 5.74) is 2.11. The number of hydrogen-bond acceptors (Lipinski definition) is 3. The van der Waals surface area contributed by atoms with Gasteiger partial charge in [0.15, 0.2) is 5.58 Å². The van der Waals surface area contributed by atoms with Gasteiger partial charge in [-0.25, -0.2) is 4.79 Å². The fraction of sp³-hybridized carbons (Fsp3) is 0.222. The number of carbonyl (C=O) groups excluding carboxylic acids is 1. The van der Waals surface area contributed by atoms with Crippen LogP contribution in [0.1, 0.15) is 18.5 Å². The van der Waals surface area contributed by atoms with Crippen LogP contribution in [0.25, 0.3) is 11.1 Å². The summed E-state index contributed by atoms with van der Waals surface area (Å²) in [6.45, 7) is 2.16. The first-order chi connectivity index (χ1) is 11.5. The highest BCUT2D eigenvalue weighted by molar-refractivity contribution is 9.10. The molecule has 124 valence electrons. The third-order valence-corrected chi connectivity index (χ3v) is 4.78. The summed E-state index contributed by atoms with van der Waals surface area (Å²) in [6, 6.07) is 14.2. The molecule has 0 bridgehead atoms. The van der Waals surface area contributed by atoms with Crippen molar-refractivity contribution in [1.82, 2.24) is 9.47 Å². The second-order valence-corrected chi connectivity index (χ2v) is 6.52. The smallest absolute Gasteiger partial charge is 0.408 e. The van der Waals surface area contributed by atoms with Crippen LogP contribution in [-0.4, -0.2) is 22.4 Å². The van der Waals surface area contributed by atoms with Crippen LogP contribution in [0, 0.1) is 0 Å². The summed E-state index contributed by atoms with van der Waals surface area (Å²) >= 11 is 3.49. The van der Waals surface area contributed by atoms with Gasteiger partial charge in [0.05, 0.1) is 5.52 Å². The summed E-state index contributed by atoms with van der Waals surface area (Å²) in [4.78, 5) is 26.5. The Labute approximate surface area is 147 Å². The number of rotatable bonds is 4. The van der Waals surface area contributed by atoms with Gasteiger partial charge in [-0.1, -0.05) is 46.3 Å². The van der Waals surface area contributed by atoms with E-state index in [0.717, 1.165) is 10.0 Å². The molecule has 0 N–H and O–H groups in total. The highest BCUT2D eigenvalue weighted by Crippen LogP contribution is 2.21. The van der Waals surface area contributed by atoms with Crippen molar-refractivity contribution in [2.75, 3.05) is 7.05 Å². The summed E-state index contributed by atoms with van der Waals surface area (Å²) in [7, 11) is 1.73. The summed E-state index contributed by atoms with van der Waals surface area (Å²) in [5, 5.41) is 0. The maximum Gasteiger partial charge on any atom is 0.420 e. The van der Waals surface area contributed by atoms with E-state index in [4.69, 9.17) is 4.42 Å². The van der Waals surface area contributed by atoms with Crippen LogP contribution in [-0.2, 0) is 11.3 Å². The Morgan fingerprint density at radius 1 is 1.21 bits per heavy atom. The van der Waals surface area contributed by atoms with Gasteiger partial charge in [-0.05, 0) is 30.7 Å². The lowest BCUT2D eigenvalue weighted by Crippen LogP contribution is -2.35. The molecular weight excluding hydrogens is 372 g/mol. The Morgan fingerprint density at radius 2 is 1.88 bits per heavy atom. The molecule has 6 heteroatoms. The number of oxazole rings is 1. The van der Waals surface area contributed by atoms with Gasteiger partial charge < -0.3 is 9.32 Å². The first kappa shape index (κ1) is 16.5. The topological polar surface area (TPSA) is 55.5 Å². The van der Waals surface area contributed by atoms with E-state index in [-0.39, 0.29) is 5.91 Å². The minimum atomic E-state index is -0.645. The van der Waals surface area contributed by atoms with Gasteiger partial charge in [-0.2, -0.15) is 0 Å². The molecule has 3 aromatic rings. The minimum absolute atomic E-state index is 0.153. The monoisotopic (exact) mass is 388 g/mol. The van der Waals surface area contributed by atoms with Crippen molar-refractivity contribution in [3.05, 3.63) is 69.1 Å². The molecule has 5 nitrogen and oxygen atoms in total. The number of fused-ring (bicyclic) bond motifs is 1. The lowest BCUT2D eigenvalue weighted by atomic mass is 10.2. The zero-order chi connectivity index (χ0) is 17.3. The van der Waals surface area contributed by atoms with Crippen molar-refractivity contribution in [1.29, 1.82) is 0 Å². The lowest BCUT2D eigenvalue weighted by Gasteiger charge is -2.22.